The lowest BCUT2D eigenvalue weighted by Gasteiger charge is -2.14. The Balaban J connectivity index is 2.09. The van der Waals surface area contributed by atoms with E-state index in [2.05, 4.69) is 0 Å². The van der Waals surface area contributed by atoms with Crippen molar-refractivity contribution in [3.05, 3.63) is 58.1 Å². The Hall–Kier alpha value is -1.16. The van der Waals surface area contributed by atoms with Crippen molar-refractivity contribution >= 4 is 23.4 Å². The van der Waals surface area contributed by atoms with Crippen LogP contribution in [0.4, 0.5) is 0 Å². The summed E-state index contributed by atoms with van der Waals surface area (Å²) in [5.74, 6) is 0.813. The second-order valence-electron chi connectivity index (χ2n) is 4.76. The molecule has 2 nitrogen and oxygen atoms in total. The molecule has 2 rings (SSSR count). The first-order valence-electron chi connectivity index (χ1n) is 6.34. The highest BCUT2D eigenvalue weighted by atomic mass is 35.5. The van der Waals surface area contributed by atoms with Crippen LogP contribution in [0, 0.1) is 13.8 Å². The van der Waals surface area contributed by atoms with E-state index in [1.165, 1.54) is 11.8 Å². The summed E-state index contributed by atoms with van der Waals surface area (Å²) < 4.78 is 0. The number of hydrogen-bond donors (Lipinski definition) is 2. The van der Waals surface area contributed by atoms with Gasteiger partial charge in [0.15, 0.2) is 0 Å². The molecular weight excluding hydrogens is 292 g/mol. The summed E-state index contributed by atoms with van der Waals surface area (Å²) >= 11 is 7.61. The smallest absolute Gasteiger partial charge is 0.121 e. The predicted molar refractivity (Wildman–Crippen MR) is 84.7 cm³/mol. The van der Waals surface area contributed by atoms with Crippen LogP contribution in [0.25, 0.3) is 0 Å². The first kappa shape index (κ1) is 15.2. The van der Waals surface area contributed by atoms with Crippen LogP contribution in [0.3, 0.4) is 0 Å². The molecule has 1 unspecified atom stereocenters. The SMILES string of the molecule is Cc1cc(C(O)CSc2ccccc2Cl)cc(C)c1O. The van der Waals surface area contributed by atoms with E-state index in [0.29, 0.717) is 16.5 Å². The molecule has 0 heterocycles. The number of halogens is 1. The van der Waals surface area contributed by atoms with Crippen molar-refractivity contribution in [2.24, 2.45) is 0 Å². The number of phenols is 1. The second kappa shape index (κ2) is 6.53. The fourth-order valence-corrected chi connectivity index (χ4v) is 3.22. The summed E-state index contributed by atoms with van der Waals surface area (Å²) in [6, 6.07) is 11.2. The number of phenolic OH excluding ortho intramolecular Hbond substituents is 1. The Morgan fingerprint density at radius 1 is 1.15 bits per heavy atom. The Morgan fingerprint density at radius 2 is 1.75 bits per heavy atom. The van der Waals surface area contributed by atoms with Gasteiger partial charge in [0.2, 0.25) is 0 Å². The Bertz CT molecular complexity index is 590. The van der Waals surface area contributed by atoms with E-state index in [0.717, 1.165) is 21.6 Å². The zero-order chi connectivity index (χ0) is 14.7. The van der Waals surface area contributed by atoms with Gasteiger partial charge in [0.05, 0.1) is 11.1 Å². The van der Waals surface area contributed by atoms with Gasteiger partial charge in [0.25, 0.3) is 0 Å². The largest absolute Gasteiger partial charge is 0.507 e. The van der Waals surface area contributed by atoms with Gasteiger partial charge in [-0.3, -0.25) is 0 Å². The maximum absolute atomic E-state index is 10.3. The van der Waals surface area contributed by atoms with E-state index in [1.807, 2.05) is 50.2 Å². The van der Waals surface area contributed by atoms with Crippen molar-refractivity contribution in [1.82, 2.24) is 0 Å². The Morgan fingerprint density at radius 3 is 2.35 bits per heavy atom. The van der Waals surface area contributed by atoms with Crippen molar-refractivity contribution in [2.45, 2.75) is 24.8 Å². The van der Waals surface area contributed by atoms with Crippen molar-refractivity contribution < 1.29 is 10.2 Å². The second-order valence-corrected chi connectivity index (χ2v) is 6.23. The van der Waals surface area contributed by atoms with E-state index < -0.39 is 6.10 Å². The molecule has 4 heteroatoms. The van der Waals surface area contributed by atoms with Gasteiger partial charge in [-0.15, -0.1) is 11.8 Å². The maximum atomic E-state index is 10.3. The minimum atomic E-state index is -0.589. The molecule has 2 N–H and O–H groups in total. The highest BCUT2D eigenvalue weighted by Gasteiger charge is 2.12. The average molecular weight is 309 g/mol. The number of thioether (sulfide) groups is 1. The summed E-state index contributed by atoms with van der Waals surface area (Å²) in [4.78, 5) is 0.959. The quantitative estimate of drug-likeness (QED) is 0.818. The molecule has 0 saturated heterocycles. The van der Waals surface area contributed by atoms with Gasteiger partial charge in [-0.05, 0) is 54.8 Å². The molecule has 2 aromatic rings. The highest BCUT2D eigenvalue weighted by Crippen LogP contribution is 2.32. The molecular formula is C16H17ClO2S. The number of aliphatic hydroxyl groups excluding tert-OH is 1. The van der Waals surface area contributed by atoms with Gasteiger partial charge in [0.1, 0.15) is 5.75 Å². The number of hydrogen-bond acceptors (Lipinski definition) is 3. The lowest BCUT2D eigenvalue weighted by Crippen LogP contribution is -2.02. The molecule has 0 bridgehead atoms. The third-order valence-corrected chi connectivity index (χ3v) is 4.72. The molecule has 0 amide bonds. The van der Waals surface area contributed by atoms with Gasteiger partial charge in [-0.1, -0.05) is 23.7 Å². The van der Waals surface area contributed by atoms with Crippen LogP contribution >= 0.6 is 23.4 Å². The number of aryl methyl sites for hydroxylation is 2. The minimum absolute atomic E-state index is 0.291. The van der Waals surface area contributed by atoms with Gasteiger partial charge >= 0.3 is 0 Å². The van der Waals surface area contributed by atoms with E-state index in [9.17, 15) is 10.2 Å². The fourth-order valence-electron chi connectivity index (χ4n) is 2.01. The number of rotatable bonds is 4. The van der Waals surface area contributed by atoms with E-state index >= 15 is 0 Å². The van der Waals surface area contributed by atoms with Gasteiger partial charge < -0.3 is 10.2 Å². The van der Waals surface area contributed by atoms with Crippen LogP contribution in [0.5, 0.6) is 5.75 Å². The van der Waals surface area contributed by atoms with Crippen molar-refractivity contribution in [2.75, 3.05) is 5.75 Å². The predicted octanol–water partition coefficient (Wildman–Crippen LogP) is 4.49. The van der Waals surface area contributed by atoms with Crippen molar-refractivity contribution in [3.8, 4) is 5.75 Å². The molecule has 0 aliphatic heterocycles. The molecule has 2 aromatic carbocycles. The lowest BCUT2D eigenvalue weighted by molar-refractivity contribution is 0.204. The maximum Gasteiger partial charge on any atom is 0.121 e. The van der Waals surface area contributed by atoms with E-state index in [1.54, 1.807) is 0 Å². The number of benzene rings is 2. The lowest BCUT2D eigenvalue weighted by atomic mass is 10.0. The summed E-state index contributed by atoms with van der Waals surface area (Å²) in [5, 5.41) is 20.7. The van der Waals surface area contributed by atoms with Gasteiger partial charge in [-0.2, -0.15) is 0 Å². The number of aromatic hydroxyl groups is 1. The summed E-state index contributed by atoms with van der Waals surface area (Å²) in [5.41, 5.74) is 2.38. The number of aliphatic hydroxyl groups is 1. The molecule has 20 heavy (non-hydrogen) atoms. The minimum Gasteiger partial charge on any atom is -0.507 e. The zero-order valence-corrected chi connectivity index (χ0v) is 13.0. The van der Waals surface area contributed by atoms with E-state index in [4.69, 9.17) is 11.6 Å². The average Bonchev–Trinajstić information content (AvgIpc) is 2.43. The van der Waals surface area contributed by atoms with E-state index in [-0.39, 0.29) is 0 Å². The zero-order valence-electron chi connectivity index (χ0n) is 11.4. The van der Waals surface area contributed by atoms with Crippen molar-refractivity contribution in [1.29, 1.82) is 0 Å². The molecule has 0 aliphatic rings. The first-order valence-corrected chi connectivity index (χ1v) is 7.71. The van der Waals surface area contributed by atoms with Crippen LogP contribution in [-0.2, 0) is 0 Å². The van der Waals surface area contributed by atoms with Gasteiger partial charge in [0, 0.05) is 10.6 Å². The summed E-state index contributed by atoms with van der Waals surface area (Å²) in [6.07, 6.45) is -0.589. The fraction of sp³-hybridized carbons (Fsp3) is 0.250. The first-order chi connectivity index (χ1) is 9.49. The third kappa shape index (κ3) is 3.48. The van der Waals surface area contributed by atoms with Crippen molar-refractivity contribution in [3.63, 3.8) is 0 Å². The Kier molecular flexibility index (Phi) is 4.97. The van der Waals surface area contributed by atoms with Crippen LogP contribution in [0.2, 0.25) is 5.02 Å². The van der Waals surface area contributed by atoms with Crippen LogP contribution < -0.4 is 0 Å². The van der Waals surface area contributed by atoms with Crippen LogP contribution in [-0.4, -0.2) is 16.0 Å². The summed E-state index contributed by atoms with van der Waals surface area (Å²) in [7, 11) is 0. The molecule has 0 saturated carbocycles. The molecule has 0 aliphatic carbocycles. The monoisotopic (exact) mass is 308 g/mol. The summed E-state index contributed by atoms with van der Waals surface area (Å²) in [6.45, 7) is 3.67. The topological polar surface area (TPSA) is 40.5 Å². The molecule has 106 valence electrons. The van der Waals surface area contributed by atoms with Gasteiger partial charge in [-0.25, -0.2) is 0 Å². The normalized spacial score (nSPS) is 12.4. The van der Waals surface area contributed by atoms with Crippen LogP contribution in [0.15, 0.2) is 41.3 Å². The third-order valence-electron chi connectivity index (χ3n) is 3.13. The molecule has 1 atom stereocenters. The molecule has 0 spiro atoms. The molecule has 0 aromatic heterocycles. The highest BCUT2D eigenvalue weighted by molar-refractivity contribution is 7.99. The van der Waals surface area contributed by atoms with Crippen LogP contribution in [0.1, 0.15) is 22.8 Å². The standard InChI is InChI=1S/C16H17ClO2S/c1-10-7-12(8-11(2)16(10)19)14(18)9-20-15-6-4-3-5-13(15)17/h3-8,14,18-19H,9H2,1-2H3. The molecule has 0 fully saturated rings. The molecule has 0 radical (unpaired) electrons. The Labute approximate surface area is 128 Å².